The first kappa shape index (κ1) is 23.3. The summed E-state index contributed by atoms with van der Waals surface area (Å²) >= 11 is 5.87. The molecule has 0 aliphatic carbocycles. The number of nitrogens with one attached hydrogen (secondary N) is 1. The standard InChI is InChI=1S/C23H23ClN2O6/c1-2-10-31-22(29)15-6-8-19(9-7-15)26-13-16(11-21(26)28)23(30)32-14-20(27)25-18-5-3-4-17(24)12-18/h3-9,12,16H,2,10-11,13-14H2,1H3,(H,25,27)/t16-/m1/s1. The van der Waals surface area contributed by atoms with Crippen LogP contribution in [0.2, 0.25) is 5.02 Å². The van der Waals surface area contributed by atoms with Gasteiger partial charge in [-0.2, -0.15) is 0 Å². The Morgan fingerprint density at radius 1 is 1.12 bits per heavy atom. The number of nitrogens with zero attached hydrogens (tertiary/aromatic N) is 1. The lowest BCUT2D eigenvalue weighted by Gasteiger charge is -2.17. The second-order valence-corrected chi connectivity index (χ2v) is 7.69. The van der Waals surface area contributed by atoms with Gasteiger partial charge in [-0.1, -0.05) is 24.6 Å². The van der Waals surface area contributed by atoms with E-state index in [1.807, 2.05) is 6.92 Å². The van der Waals surface area contributed by atoms with Crippen molar-refractivity contribution in [2.24, 2.45) is 5.92 Å². The lowest BCUT2D eigenvalue weighted by atomic mass is 10.1. The quantitative estimate of drug-likeness (QED) is 0.608. The van der Waals surface area contributed by atoms with E-state index in [1.54, 1.807) is 48.5 Å². The van der Waals surface area contributed by atoms with Crippen molar-refractivity contribution in [3.05, 3.63) is 59.1 Å². The van der Waals surface area contributed by atoms with Gasteiger partial charge in [0.05, 0.1) is 18.1 Å². The van der Waals surface area contributed by atoms with E-state index < -0.39 is 30.4 Å². The molecule has 1 atom stereocenters. The Morgan fingerprint density at radius 3 is 2.56 bits per heavy atom. The molecule has 0 radical (unpaired) electrons. The van der Waals surface area contributed by atoms with Crippen molar-refractivity contribution in [1.82, 2.24) is 0 Å². The fraction of sp³-hybridized carbons (Fsp3) is 0.304. The van der Waals surface area contributed by atoms with Gasteiger partial charge in [-0.05, 0) is 48.9 Å². The van der Waals surface area contributed by atoms with Gasteiger partial charge in [0.2, 0.25) is 5.91 Å². The first-order valence-corrected chi connectivity index (χ1v) is 10.5. The molecule has 168 valence electrons. The molecule has 0 spiro atoms. The number of hydrogen-bond donors (Lipinski definition) is 1. The van der Waals surface area contributed by atoms with Gasteiger partial charge in [0, 0.05) is 29.4 Å². The van der Waals surface area contributed by atoms with Gasteiger partial charge in [0.25, 0.3) is 5.91 Å². The predicted molar refractivity (Wildman–Crippen MR) is 119 cm³/mol. The van der Waals surface area contributed by atoms with Crippen molar-refractivity contribution in [2.45, 2.75) is 19.8 Å². The van der Waals surface area contributed by atoms with Crippen molar-refractivity contribution in [1.29, 1.82) is 0 Å². The van der Waals surface area contributed by atoms with Crippen LogP contribution in [0, 0.1) is 5.92 Å². The third kappa shape index (κ3) is 6.07. The Kier molecular flexibility index (Phi) is 7.83. The molecule has 8 nitrogen and oxygen atoms in total. The summed E-state index contributed by atoms with van der Waals surface area (Å²) in [5.41, 5.74) is 1.44. The predicted octanol–water partition coefficient (Wildman–Crippen LogP) is 3.44. The highest BCUT2D eigenvalue weighted by molar-refractivity contribution is 6.30. The maximum atomic E-state index is 12.4. The van der Waals surface area contributed by atoms with Gasteiger partial charge in [-0.25, -0.2) is 4.79 Å². The Morgan fingerprint density at radius 2 is 1.88 bits per heavy atom. The van der Waals surface area contributed by atoms with Crippen LogP contribution in [0.1, 0.15) is 30.1 Å². The molecular weight excluding hydrogens is 436 g/mol. The number of carbonyl (C=O) groups excluding carboxylic acids is 4. The topological polar surface area (TPSA) is 102 Å². The highest BCUT2D eigenvalue weighted by Crippen LogP contribution is 2.26. The number of hydrogen-bond acceptors (Lipinski definition) is 6. The number of amides is 2. The van der Waals surface area contributed by atoms with Crippen LogP contribution < -0.4 is 10.2 Å². The van der Waals surface area contributed by atoms with E-state index >= 15 is 0 Å². The molecule has 1 saturated heterocycles. The smallest absolute Gasteiger partial charge is 0.338 e. The van der Waals surface area contributed by atoms with E-state index in [9.17, 15) is 19.2 Å². The zero-order valence-electron chi connectivity index (χ0n) is 17.5. The number of carbonyl (C=O) groups is 4. The second-order valence-electron chi connectivity index (χ2n) is 7.25. The van der Waals surface area contributed by atoms with Crippen molar-refractivity contribution in [2.75, 3.05) is 30.0 Å². The van der Waals surface area contributed by atoms with Crippen LogP contribution in [0.5, 0.6) is 0 Å². The normalized spacial score (nSPS) is 15.4. The lowest BCUT2D eigenvalue weighted by molar-refractivity contribution is -0.151. The molecule has 0 aromatic heterocycles. The van der Waals surface area contributed by atoms with E-state index in [1.165, 1.54) is 4.90 Å². The number of rotatable bonds is 8. The van der Waals surface area contributed by atoms with Gasteiger partial charge in [0.1, 0.15) is 0 Å². The van der Waals surface area contributed by atoms with E-state index in [4.69, 9.17) is 21.1 Å². The lowest BCUT2D eigenvalue weighted by Crippen LogP contribution is -2.28. The number of esters is 2. The first-order chi connectivity index (χ1) is 15.4. The number of ether oxygens (including phenoxy) is 2. The van der Waals surface area contributed by atoms with E-state index in [-0.39, 0.29) is 18.9 Å². The zero-order chi connectivity index (χ0) is 23.1. The van der Waals surface area contributed by atoms with Gasteiger partial charge in [-0.15, -0.1) is 0 Å². The van der Waals surface area contributed by atoms with Crippen molar-refractivity contribution in [3.8, 4) is 0 Å². The van der Waals surface area contributed by atoms with E-state index in [0.29, 0.717) is 28.6 Å². The fourth-order valence-corrected chi connectivity index (χ4v) is 3.38. The van der Waals surface area contributed by atoms with Crippen LogP contribution in [-0.2, 0) is 23.9 Å². The SMILES string of the molecule is CCCOC(=O)c1ccc(N2C[C@H](C(=O)OCC(=O)Nc3cccc(Cl)c3)CC2=O)cc1. The van der Waals surface area contributed by atoms with Gasteiger partial charge < -0.3 is 19.7 Å². The van der Waals surface area contributed by atoms with E-state index in [2.05, 4.69) is 5.32 Å². The summed E-state index contributed by atoms with van der Waals surface area (Å²) in [6.45, 7) is 1.91. The molecule has 0 bridgehead atoms. The number of halogens is 1. The molecule has 1 fully saturated rings. The molecule has 1 heterocycles. The Balaban J connectivity index is 1.51. The minimum absolute atomic E-state index is 0.0188. The summed E-state index contributed by atoms with van der Waals surface area (Å²) in [4.78, 5) is 50.1. The van der Waals surface area contributed by atoms with Gasteiger partial charge in [-0.3, -0.25) is 14.4 Å². The zero-order valence-corrected chi connectivity index (χ0v) is 18.3. The first-order valence-electron chi connectivity index (χ1n) is 10.2. The molecule has 0 saturated carbocycles. The minimum atomic E-state index is -0.685. The molecule has 2 aromatic rings. The maximum absolute atomic E-state index is 12.4. The summed E-state index contributed by atoms with van der Waals surface area (Å²) in [6, 6.07) is 13.0. The summed E-state index contributed by atoms with van der Waals surface area (Å²) in [6.07, 6.45) is 0.709. The van der Waals surface area contributed by atoms with Crippen molar-refractivity contribution >= 4 is 46.7 Å². The highest BCUT2D eigenvalue weighted by atomic mass is 35.5. The highest BCUT2D eigenvalue weighted by Gasteiger charge is 2.36. The van der Waals surface area contributed by atoms with Crippen molar-refractivity contribution < 1.29 is 28.7 Å². The van der Waals surface area contributed by atoms with Crippen LogP contribution >= 0.6 is 11.6 Å². The van der Waals surface area contributed by atoms with E-state index in [0.717, 1.165) is 6.42 Å². The fourth-order valence-electron chi connectivity index (χ4n) is 3.19. The van der Waals surface area contributed by atoms with Gasteiger partial charge >= 0.3 is 11.9 Å². The largest absolute Gasteiger partial charge is 0.462 e. The molecule has 1 aliphatic rings. The van der Waals surface area contributed by atoms with Crippen LogP contribution in [0.4, 0.5) is 11.4 Å². The number of benzene rings is 2. The molecular formula is C23H23ClN2O6. The molecule has 2 amide bonds. The maximum Gasteiger partial charge on any atom is 0.338 e. The second kappa shape index (κ2) is 10.8. The average molecular weight is 459 g/mol. The third-order valence-corrected chi connectivity index (χ3v) is 5.00. The molecule has 2 aromatic carbocycles. The van der Waals surface area contributed by atoms with Crippen LogP contribution in [-0.4, -0.2) is 43.5 Å². The Labute approximate surface area is 190 Å². The summed E-state index contributed by atoms with van der Waals surface area (Å²) in [5.74, 6) is -2.48. The molecule has 0 unspecified atom stereocenters. The Bertz CT molecular complexity index is 1010. The third-order valence-electron chi connectivity index (χ3n) is 4.76. The summed E-state index contributed by atoms with van der Waals surface area (Å²) < 4.78 is 10.2. The Hall–Kier alpha value is -3.39. The minimum Gasteiger partial charge on any atom is -0.462 e. The number of anilines is 2. The summed E-state index contributed by atoms with van der Waals surface area (Å²) in [7, 11) is 0. The van der Waals surface area contributed by atoms with Crippen LogP contribution in [0.3, 0.4) is 0 Å². The summed E-state index contributed by atoms with van der Waals surface area (Å²) in [5, 5.41) is 3.05. The molecule has 3 rings (SSSR count). The molecule has 1 aliphatic heterocycles. The average Bonchev–Trinajstić information content (AvgIpc) is 3.17. The van der Waals surface area contributed by atoms with Crippen LogP contribution in [0.15, 0.2) is 48.5 Å². The molecule has 32 heavy (non-hydrogen) atoms. The molecule has 1 N–H and O–H groups in total. The monoisotopic (exact) mass is 458 g/mol. The van der Waals surface area contributed by atoms with Gasteiger partial charge in [0.15, 0.2) is 6.61 Å². The van der Waals surface area contributed by atoms with Crippen molar-refractivity contribution in [3.63, 3.8) is 0 Å². The molecule has 9 heteroatoms. The van der Waals surface area contributed by atoms with Crippen LogP contribution in [0.25, 0.3) is 0 Å².